The van der Waals surface area contributed by atoms with Crippen molar-refractivity contribution in [3.05, 3.63) is 82.7 Å². The van der Waals surface area contributed by atoms with Gasteiger partial charge in [-0.3, -0.25) is 9.36 Å². The highest BCUT2D eigenvalue weighted by Gasteiger charge is 2.25. The van der Waals surface area contributed by atoms with Gasteiger partial charge in [-0.05, 0) is 93.7 Å². The molecule has 0 aliphatic carbocycles. The molecule has 1 aliphatic rings. The highest BCUT2D eigenvalue weighted by Crippen LogP contribution is 2.30. The van der Waals surface area contributed by atoms with Crippen molar-refractivity contribution in [1.82, 2.24) is 14.5 Å². The summed E-state index contributed by atoms with van der Waals surface area (Å²) in [5, 5.41) is 0.366. The Labute approximate surface area is 238 Å². The van der Waals surface area contributed by atoms with Crippen LogP contribution in [-0.2, 0) is 11.3 Å². The van der Waals surface area contributed by atoms with Crippen molar-refractivity contribution >= 4 is 10.9 Å². The Morgan fingerprint density at radius 1 is 0.976 bits per heavy atom. The van der Waals surface area contributed by atoms with Crippen molar-refractivity contribution in [2.75, 3.05) is 33.4 Å². The number of ether oxygens (including phenoxy) is 3. The molecule has 0 bridgehead atoms. The van der Waals surface area contributed by atoms with E-state index in [1.807, 2.05) is 0 Å². The molecule has 1 aromatic heterocycles. The quantitative estimate of drug-likeness (QED) is 0.212. The average Bonchev–Trinajstić information content (AvgIpc) is 2.96. The molecule has 0 amide bonds. The Morgan fingerprint density at radius 2 is 1.73 bits per heavy atom. The molecule has 0 saturated carbocycles. The van der Waals surface area contributed by atoms with E-state index in [1.165, 1.54) is 30.3 Å². The van der Waals surface area contributed by atoms with Crippen LogP contribution in [0.2, 0.25) is 0 Å². The minimum Gasteiger partial charge on any atom is -0.491 e. The highest BCUT2D eigenvalue weighted by molar-refractivity contribution is 5.81. The molecule has 5 rings (SSSR count). The van der Waals surface area contributed by atoms with Crippen LogP contribution in [0.15, 0.2) is 65.5 Å². The number of nitrogens with zero attached hydrogens (tertiary/aromatic N) is 3. The monoisotopic (exact) mass is 563 g/mol. The second-order valence-electron chi connectivity index (χ2n) is 10.7. The van der Waals surface area contributed by atoms with E-state index in [2.05, 4.69) is 18.7 Å². The SMILES string of the molecule is COCCOc1ccc(-c2nc3ccc(Oc4ccc(F)cc4)cc3c(=O)n2CC2CCCN(C(C)C)C2)c(F)c1. The van der Waals surface area contributed by atoms with Crippen molar-refractivity contribution in [2.45, 2.75) is 39.3 Å². The summed E-state index contributed by atoms with van der Waals surface area (Å²) < 4.78 is 46.9. The van der Waals surface area contributed by atoms with E-state index in [-0.39, 0.29) is 28.7 Å². The van der Waals surface area contributed by atoms with E-state index in [4.69, 9.17) is 19.2 Å². The summed E-state index contributed by atoms with van der Waals surface area (Å²) in [6.45, 7) is 7.31. The number of benzene rings is 3. The van der Waals surface area contributed by atoms with Gasteiger partial charge in [0.1, 0.15) is 41.3 Å². The van der Waals surface area contributed by atoms with Gasteiger partial charge in [0, 0.05) is 32.3 Å². The number of hydrogen-bond donors (Lipinski definition) is 0. The fourth-order valence-electron chi connectivity index (χ4n) is 5.26. The van der Waals surface area contributed by atoms with Crippen molar-refractivity contribution in [2.24, 2.45) is 5.92 Å². The Balaban J connectivity index is 1.55. The Hall–Kier alpha value is -3.82. The second-order valence-corrected chi connectivity index (χ2v) is 10.7. The molecule has 3 aromatic carbocycles. The molecule has 41 heavy (non-hydrogen) atoms. The summed E-state index contributed by atoms with van der Waals surface area (Å²) in [6, 6.07) is 15.7. The molecule has 0 spiro atoms. The number of methoxy groups -OCH3 is 1. The van der Waals surface area contributed by atoms with Crippen LogP contribution in [0.5, 0.6) is 17.2 Å². The zero-order chi connectivity index (χ0) is 28.9. The summed E-state index contributed by atoms with van der Waals surface area (Å²) in [5.41, 5.74) is 0.391. The number of rotatable bonds is 10. The number of piperidine rings is 1. The molecule has 4 aromatic rings. The maximum atomic E-state index is 15.5. The molecule has 7 nitrogen and oxygen atoms in total. The zero-order valence-corrected chi connectivity index (χ0v) is 23.6. The lowest BCUT2D eigenvalue weighted by molar-refractivity contribution is 0.130. The van der Waals surface area contributed by atoms with Gasteiger partial charge in [0.25, 0.3) is 5.56 Å². The molecule has 1 unspecified atom stereocenters. The smallest absolute Gasteiger partial charge is 0.261 e. The van der Waals surface area contributed by atoms with E-state index >= 15 is 4.39 Å². The summed E-state index contributed by atoms with van der Waals surface area (Å²) in [4.78, 5) is 21.3. The predicted molar refractivity (Wildman–Crippen MR) is 155 cm³/mol. The fourth-order valence-corrected chi connectivity index (χ4v) is 5.26. The topological polar surface area (TPSA) is 65.8 Å². The molecular formula is C32H35F2N3O4. The van der Waals surface area contributed by atoms with Gasteiger partial charge in [-0.15, -0.1) is 0 Å². The first-order valence-corrected chi connectivity index (χ1v) is 14.0. The Morgan fingerprint density at radius 3 is 2.46 bits per heavy atom. The lowest BCUT2D eigenvalue weighted by atomic mass is 9.96. The summed E-state index contributed by atoms with van der Waals surface area (Å²) in [6.07, 6.45) is 2.00. The van der Waals surface area contributed by atoms with E-state index in [9.17, 15) is 9.18 Å². The molecular weight excluding hydrogens is 528 g/mol. The first kappa shape index (κ1) is 28.7. The third-order valence-corrected chi connectivity index (χ3v) is 7.43. The summed E-state index contributed by atoms with van der Waals surface area (Å²) >= 11 is 0. The van der Waals surface area contributed by atoms with Crippen LogP contribution in [0, 0.1) is 17.6 Å². The van der Waals surface area contributed by atoms with Crippen molar-refractivity contribution in [1.29, 1.82) is 0 Å². The van der Waals surface area contributed by atoms with E-state index in [1.54, 1.807) is 42.0 Å². The van der Waals surface area contributed by atoms with Gasteiger partial charge in [0.2, 0.25) is 0 Å². The van der Waals surface area contributed by atoms with Crippen molar-refractivity contribution in [3.63, 3.8) is 0 Å². The zero-order valence-electron chi connectivity index (χ0n) is 23.6. The highest BCUT2D eigenvalue weighted by atomic mass is 19.1. The van der Waals surface area contributed by atoms with Gasteiger partial charge in [-0.1, -0.05) is 0 Å². The number of fused-ring (bicyclic) bond motifs is 1. The molecule has 9 heteroatoms. The van der Waals surface area contributed by atoms with E-state index < -0.39 is 5.82 Å². The van der Waals surface area contributed by atoms with Crippen molar-refractivity contribution < 1.29 is 23.0 Å². The number of halogens is 2. The second kappa shape index (κ2) is 12.8. The number of hydrogen-bond acceptors (Lipinski definition) is 6. The Kier molecular flexibility index (Phi) is 8.95. The minimum atomic E-state index is -0.524. The minimum absolute atomic E-state index is 0.209. The lowest BCUT2D eigenvalue weighted by Crippen LogP contribution is -2.42. The molecule has 216 valence electrons. The van der Waals surface area contributed by atoms with Crippen LogP contribution < -0.4 is 15.0 Å². The fraction of sp³-hybridized carbons (Fsp3) is 0.375. The van der Waals surface area contributed by atoms with E-state index in [0.29, 0.717) is 54.0 Å². The van der Waals surface area contributed by atoms with Crippen LogP contribution in [0.25, 0.3) is 22.3 Å². The van der Waals surface area contributed by atoms with Crippen LogP contribution in [-0.4, -0.2) is 53.9 Å². The first-order valence-electron chi connectivity index (χ1n) is 14.0. The van der Waals surface area contributed by atoms with Crippen molar-refractivity contribution in [3.8, 4) is 28.6 Å². The summed E-state index contributed by atoms with van der Waals surface area (Å²) in [7, 11) is 1.57. The van der Waals surface area contributed by atoms with Gasteiger partial charge in [-0.2, -0.15) is 0 Å². The van der Waals surface area contributed by atoms with Crippen LogP contribution in [0.3, 0.4) is 0 Å². The van der Waals surface area contributed by atoms with Gasteiger partial charge < -0.3 is 19.1 Å². The standard InChI is InChI=1S/C32H35F2N3O4/c1-21(2)36-14-4-5-22(19-36)20-37-31(27-12-10-25(18-29(27)34)40-16-15-39-3)35-30-13-11-26(17-28(30)32(37)38)41-24-8-6-23(33)7-9-24/h6-13,17-18,21-22H,4-5,14-16,19-20H2,1-3H3. The normalized spacial score (nSPS) is 15.9. The number of likely N-dealkylation sites (tertiary alicyclic amines) is 1. The van der Waals surface area contributed by atoms with Gasteiger partial charge in [-0.25, -0.2) is 13.8 Å². The lowest BCUT2D eigenvalue weighted by Gasteiger charge is -2.35. The van der Waals surface area contributed by atoms with Crippen LogP contribution in [0.4, 0.5) is 8.78 Å². The van der Waals surface area contributed by atoms with Gasteiger partial charge in [0.05, 0.1) is 23.1 Å². The molecule has 1 aliphatic heterocycles. The maximum absolute atomic E-state index is 15.5. The number of aromatic nitrogens is 2. The predicted octanol–water partition coefficient (Wildman–Crippen LogP) is 6.28. The summed E-state index contributed by atoms with van der Waals surface area (Å²) in [5.74, 6) is 0.842. The first-order chi connectivity index (χ1) is 19.8. The van der Waals surface area contributed by atoms with E-state index in [0.717, 1.165) is 25.9 Å². The largest absolute Gasteiger partial charge is 0.491 e. The maximum Gasteiger partial charge on any atom is 0.261 e. The molecule has 2 heterocycles. The molecule has 1 saturated heterocycles. The molecule has 1 atom stereocenters. The molecule has 1 fully saturated rings. The average molecular weight is 564 g/mol. The van der Waals surface area contributed by atoms with Gasteiger partial charge in [0.15, 0.2) is 0 Å². The molecule has 0 N–H and O–H groups in total. The van der Waals surface area contributed by atoms with Crippen LogP contribution >= 0.6 is 0 Å². The third kappa shape index (κ3) is 6.74. The Bertz CT molecular complexity index is 1560. The van der Waals surface area contributed by atoms with Gasteiger partial charge >= 0.3 is 0 Å². The third-order valence-electron chi connectivity index (χ3n) is 7.43. The van der Waals surface area contributed by atoms with Crippen LogP contribution in [0.1, 0.15) is 26.7 Å². The molecule has 0 radical (unpaired) electrons.